The lowest BCUT2D eigenvalue weighted by molar-refractivity contribution is -0.115. The van der Waals surface area contributed by atoms with Gasteiger partial charge in [-0.3, -0.25) is 4.79 Å². The van der Waals surface area contributed by atoms with E-state index < -0.39 is 0 Å². The molecule has 1 amide bonds. The lowest BCUT2D eigenvalue weighted by Gasteiger charge is -2.09. The Bertz CT molecular complexity index is 880. The van der Waals surface area contributed by atoms with Crippen molar-refractivity contribution < 1.29 is 9.53 Å². The second-order valence-electron chi connectivity index (χ2n) is 5.61. The van der Waals surface area contributed by atoms with Gasteiger partial charge in [0.05, 0.1) is 36.1 Å². The third-order valence-corrected chi connectivity index (χ3v) is 4.04. The van der Waals surface area contributed by atoms with E-state index in [0.29, 0.717) is 16.5 Å². The van der Waals surface area contributed by atoms with Crippen molar-refractivity contribution >= 4 is 34.7 Å². The number of carbonyl (C=O) groups is 1. The summed E-state index contributed by atoms with van der Waals surface area (Å²) in [6, 6.07) is 18.4. The van der Waals surface area contributed by atoms with Crippen LogP contribution in [0.1, 0.15) is 5.56 Å². The van der Waals surface area contributed by atoms with Gasteiger partial charge in [0.15, 0.2) is 0 Å². The molecule has 0 fully saturated rings. The number of para-hydroxylation sites is 1. The summed E-state index contributed by atoms with van der Waals surface area (Å²) in [4.78, 5) is 16.5. The Morgan fingerprint density at radius 3 is 2.50 bits per heavy atom. The first-order valence-electron chi connectivity index (χ1n) is 8.04. The molecular formula is C20H18ClN3O2. The molecular weight excluding hydrogens is 350 g/mol. The predicted molar refractivity (Wildman–Crippen MR) is 104 cm³/mol. The van der Waals surface area contributed by atoms with Gasteiger partial charge in [-0.25, -0.2) is 4.98 Å². The molecule has 5 nitrogen and oxygen atoms in total. The number of carbonyl (C=O) groups excluding carboxylic acids is 1. The number of amides is 1. The summed E-state index contributed by atoms with van der Waals surface area (Å²) in [5.41, 5.74) is 2.32. The summed E-state index contributed by atoms with van der Waals surface area (Å²) in [5.74, 6) is 1.30. The van der Waals surface area contributed by atoms with Crippen LogP contribution in [0.5, 0.6) is 5.75 Å². The molecule has 0 unspecified atom stereocenters. The number of hydrogen-bond donors (Lipinski definition) is 2. The van der Waals surface area contributed by atoms with Crippen LogP contribution in [0.25, 0.3) is 0 Å². The number of nitrogens with zero attached hydrogens (tertiary/aromatic N) is 1. The van der Waals surface area contributed by atoms with Crippen molar-refractivity contribution in [2.75, 3.05) is 17.7 Å². The summed E-state index contributed by atoms with van der Waals surface area (Å²) in [6.45, 7) is 0. The van der Waals surface area contributed by atoms with Crippen LogP contribution in [0.4, 0.5) is 17.2 Å². The van der Waals surface area contributed by atoms with Crippen molar-refractivity contribution in [3.8, 4) is 5.75 Å². The molecule has 3 rings (SSSR count). The molecule has 0 aliphatic heterocycles. The van der Waals surface area contributed by atoms with Gasteiger partial charge in [0.1, 0.15) is 11.6 Å². The lowest BCUT2D eigenvalue weighted by Crippen LogP contribution is -2.14. The number of rotatable bonds is 6. The van der Waals surface area contributed by atoms with Crippen LogP contribution < -0.4 is 15.4 Å². The molecule has 0 atom stereocenters. The summed E-state index contributed by atoms with van der Waals surface area (Å²) < 4.78 is 5.11. The van der Waals surface area contributed by atoms with E-state index in [4.69, 9.17) is 16.3 Å². The summed E-state index contributed by atoms with van der Waals surface area (Å²) in [6.07, 6.45) is 1.88. The summed E-state index contributed by atoms with van der Waals surface area (Å²) >= 11 is 6.12. The minimum atomic E-state index is -0.108. The van der Waals surface area contributed by atoms with Crippen LogP contribution >= 0.6 is 11.6 Å². The molecule has 2 aromatic carbocycles. The van der Waals surface area contributed by atoms with Crippen LogP contribution in [0.3, 0.4) is 0 Å². The van der Waals surface area contributed by atoms with Gasteiger partial charge < -0.3 is 15.4 Å². The molecule has 1 aromatic heterocycles. The fraction of sp³-hybridized carbons (Fsp3) is 0.100. The van der Waals surface area contributed by atoms with Crippen molar-refractivity contribution in [3.05, 3.63) is 77.4 Å². The molecule has 0 aliphatic carbocycles. The smallest absolute Gasteiger partial charge is 0.228 e. The van der Waals surface area contributed by atoms with Gasteiger partial charge in [-0.05, 0) is 42.0 Å². The van der Waals surface area contributed by atoms with Gasteiger partial charge in [0.2, 0.25) is 5.91 Å². The van der Waals surface area contributed by atoms with Gasteiger partial charge in [-0.2, -0.15) is 0 Å². The highest BCUT2D eigenvalue weighted by Gasteiger charge is 2.06. The number of hydrogen-bond acceptors (Lipinski definition) is 4. The maximum atomic E-state index is 12.2. The van der Waals surface area contributed by atoms with Crippen LogP contribution in [0.15, 0.2) is 66.9 Å². The third kappa shape index (κ3) is 4.74. The number of benzene rings is 2. The number of pyridine rings is 1. The molecule has 0 aliphatic rings. The predicted octanol–water partition coefficient (Wildman–Crippen LogP) is 4.67. The Hall–Kier alpha value is -3.05. The van der Waals surface area contributed by atoms with Gasteiger partial charge in [0, 0.05) is 0 Å². The molecule has 2 N–H and O–H groups in total. The molecule has 6 heteroatoms. The first-order valence-corrected chi connectivity index (χ1v) is 8.42. The molecule has 0 spiro atoms. The van der Waals surface area contributed by atoms with Gasteiger partial charge in [-0.1, -0.05) is 35.9 Å². The maximum Gasteiger partial charge on any atom is 0.228 e. The highest BCUT2D eigenvalue weighted by Crippen LogP contribution is 2.24. The first kappa shape index (κ1) is 17.8. The van der Waals surface area contributed by atoms with Crippen LogP contribution in [-0.4, -0.2) is 18.0 Å². The number of aromatic nitrogens is 1. The number of nitrogens with one attached hydrogen (secondary N) is 2. The van der Waals surface area contributed by atoms with E-state index in [9.17, 15) is 4.79 Å². The van der Waals surface area contributed by atoms with Crippen molar-refractivity contribution in [1.29, 1.82) is 0 Å². The van der Waals surface area contributed by atoms with E-state index in [-0.39, 0.29) is 12.3 Å². The van der Waals surface area contributed by atoms with E-state index in [2.05, 4.69) is 15.6 Å². The zero-order valence-corrected chi connectivity index (χ0v) is 15.0. The number of anilines is 3. The molecule has 0 saturated heterocycles. The zero-order valence-electron chi connectivity index (χ0n) is 14.2. The first-order chi connectivity index (χ1) is 12.6. The Morgan fingerprint density at radius 1 is 1.08 bits per heavy atom. The van der Waals surface area contributed by atoms with Crippen LogP contribution in [-0.2, 0) is 11.2 Å². The summed E-state index contributed by atoms with van der Waals surface area (Å²) in [5, 5.41) is 6.59. The molecule has 0 radical (unpaired) electrons. The molecule has 0 bridgehead atoms. The standard InChI is InChI=1S/C20H18ClN3O2/c1-26-16-9-6-14(7-10-16)12-20(25)23-15-8-11-19(22-13-15)24-18-5-3-2-4-17(18)21/h2-11,13H,12H2,1H3,(H,22,24)(H,23,25). The van der Waals surface area contributed by atoms with E-state index in [1.807, 2.05) is 42.5 Å². The molecule has 26 heavy (non-hydrogen) atoms. The van der Waals surface area contributed by atoms with Gasteiger partial charge >= 0.3 is 0 Å². The normalized spacial score (nSPS) is 10.2. The van der Waals surface area contributed by atoms with Gasteiger partial charge in [0.25, 0.3) is 0 Å². The van der Waals surface area contributed by atoms with E-state index >= 15 is 0 Å². The van der Waals surface area contributed by atoms with E-state index in [1.165, 1.54) is 0 Å². The average molecular weight is 368 g/mol. The van der Waals surface area contributed by atoms with Gasteiger partial charge in [-0.15, -0.1) is 0 Å². The Labute approximate surface area is 157 Å². The molecule has 0 saturated carbocycles. The zero-order chi connectivity index (χ0) is 18.4. The van der Waals surface area contributed by atoms with E-state index in [0.717, 1.165) is 17.0 Å². The van der Waals surface area contributed by atoms with E-state index in [1.54, 1.807) is 31.5 Å². The van der Waals surface area contributed by atoms with Crippen molar-refractivity contribution in [2.24, 2.45) is 0 Å². The molecule has 1 heterocycles. The molecule has 3 aromatic rings. The SMILES string of the molecule is COc1ccc(CC(=O)Nc2ccc(Nc3ccccc3Cl)nc2)cc1. The fourth-order valence-electron chi connectivity index (χ4n) is 2.38. The Kier molecular flexibility index (Phi) is 5.71. The lowest BCUT2D eigenvalue weighted by atomic mass is 10.1. The maximum absolute atomic E-state index is 12.2. The topological polar surface area (TPSA) is 63.2 Å². The largest absolute Gasteiger partial charge is 0.497 e. The second-order valence-corrected chi connectivity index (χ2v) is 6.02. The van der Waals surface area contributed by atoms with Crippen LogP contribution in [0.2, 0.25) is 5.02 Å². The minimum Gasteiger partial charge on any atom is -0.497 e. The fourth-order valence-corrected chi connectivity index (χ4v) is 2.56. The number of halogens is 1. The number of ether oxygens (including phenoxy) is 1. The Balaban J connectivity index is 1.58. The third-order valence-electron chi connectivity index (χ3n) is 3.71. The molecule has 132 valence electrons. The highest BCUT2D eigenvalue weighted by molar-refractivity contribution is 6.33. The summed E-state index contributed by atoms with van der Waals surface area (Å²) in [7, 11) is 1.61. The Morgan fingerprint density at radius 2 is 1.85 bits per heavy atom. The van der Waals surface area contributed by atoms with Crippen molar-refractivity contribution in [3.63, 3.8) is 0 Å². The number of methoxy groups -OCH3 is 1. The van der Waals surface area contributed by atoms with Crippen LogP contribution in [0, 0.1) is 0 Å². The quantitative estimate of drug-likeness (QED) is 0.664. The minimum absolute atomic E-state index is 0.108. The monoisotopic (exact) mass is 367 g/mol. The second kappa shape index (κ2) is 8.36. The van der Waals surface area contributed by atoms with Crippen molar-refractivity contribution in [2.45, 2.75) is 6.42 Å². The average Bonchev–Trinajstić information content (AvgIpc) is 2.66. The highest BCUT2D eigenvalue weighted by atomic mass is 35.5. The van der Waals surface area contributed by atoms with Crippen molar-refractivity contribution in [1.82, 2.24) is 4.98 Å².